The van der Waals surface area contributed by atoms with Crippen LogP contribution >= 0.6 is 11.6 Å². The lowest BCUT2D eigenvalue weighted by Crippen LogP contribution is -2.03. The third kappa shape index (κ3) is 5.07. The van der Waals surface area contributed by atoms with E-state index in [1.165, 1.54) is 6.08 Å². The quantitative estimate of drug-likeness (QED) is 0.496. The predicted octanol–water partition coefficient (Wildman–Crippen LogP) is 6.02. The zero-order valence-corrected chi connectivity index (χ0v) is 14.4. The second kappa shape index (κ2) is 9.04. The highest BCUT2D eigenvalue weighted by Crippen LogP contribution is 2.23. The fourth-order valence-electron chi connectivity index (χ4n) is 2.32. The van der Waals surface area contributed by atoms with Gasteiger partial charge in [0.25, 0.3) is 0 Å². The number of halogens is 2. The van der Waals surface area contributed by atoms with Crippen molar-refractivity contribution >= 4 is 29.6 Å². The molecule has 0 bridgehead atoms. The van der Waals surface area contributed by atoms with Crippen LogP contribution in [0.15, 0.2) is 82.3 Å². The van der Waals surface area contributed by atoms with Crippen molar-refractivity contribution in [2.45, 2.75) is 13.3 Å². The molecular weight excluding hydrogens is 323 g/mol. The summed E-state index contributed by atoms with van der Waals surface area (Å²) < 4.78 is 13.7. The van der Waals surface area contributed by atoms with Gasteiger partial charge in [0.05, 0.1) is 5.03 Å². The average molecular weight is 343 g/mol. The number of aliphatic imine (C=N–C) groups is 1. The first-order chi connectivity index (χ1) is 11.6. The molecule has 4 heteroatoms. The molecule has 0 unspecified atom stereocenters. The van der Waals surface area contributed by atoms with Gasteiger partial charge in [-0.25, -0.2) is 4.39 Å². The summed E-state index contributed by atoms with van der Waals surface area (Å²) in [5, 5.41) is 3.55. The normalized spacial score (nSPS) is 15.5. The molecule has 1 aromatic carbocycles. The molecule has 1 aromatic rings. The SMILES string of the molecule is C=N/C=C\C(=C/C)c1cccc(NCC2=CC(F)=C(Cl)CC=C2)c1. The first-order valence-electron chi connectivity index (χ1n) is 7.68. The average Bonchev–Trinajstić information content (AvgIpc) is 2.75. The summed E-state index contributed by atoms with van der Waals surface area (Å²) in [7, 11) is 0. The Bertz CT molecular complexity index is 755. The monoisotopic (exact) mass is 342 g/mol. The summed E-state index contributed by atoms with van der Waals surface area (Å²) >= 11 is 5.83. The molecule has 2 rings (SSSR count). The Labute approximate surface area is 147 Å². The summed E-state index contributed by atoms with van der Waals surface area (Å²) in [4.78, 5) is 3.74. The van der Waals surface area contributed by atoms with Crippen molar-refractivity contribution in [2.24, 2.45) is 4.99 Å². The van der Waals surface area contributed by atoms with Gasteiger partial charge in [-0.1, -0.05) is 42.0 Å². The van der Waals surface area contributed by atoms with Gasteiger partial charge in [-0.05, 0) is 54.6 Å². The molecule has 24 heavy (non-hydrogen) atoms. The van der Waals surface area contributed by atoms with Crippen molar-refractivity contribution < 1.29 is 4.39 Å². The summed E-state index contributed by atoms with van der Waals surface area (Å²) in [6.07, 6.45) is 11.2. The van der Waals surface area contributed by atoms with Crippen molar-refractivity contribution in [1.29, 1.82) is 0 Å². The molecule has 1 aliphatic rings. The maximum atomic E-state index is 13.7. The molecule has 0 radical (unpaired) electrons. The molecule has 0 atom stereocenters. The molecule has 1 aliphatic carbocycles. The first-order valence-corrected chi connectivity index (χ1v) is 8.06. The van der Waals surface area contributed by atoms with Crippen LogP contribution in [-0.2, 0) is 0 Å². The minimum Gasteiger partial charge on any atom is -0.381 e. The number of nitrogens with one attached hydrogen (secondary N) is 1. The van der Waals surface area contributed by atoms with E-state index in [-0.39, 0.29) is 10.9 Å². The highest BCUT2D eigenvalue weighted by Gasteiger charge is 2.06. The molecule has 0 spiro atoms. The van der Waals surface area contributed by atoms with Crippen LogP contribution < -0.4 is 5.32 Å². The summed E-state index contributed by atoms with van der Waals surface area (Å²) in [5.41, 5.74) is 3.93. The van der Waals surface area contributed by atoms with E-state index in [1.54, 1.807) is 6.20 Å². The van der Waals surface area contributed by atoms with Crippen molar-refractivity contribution in [2.75, 3.05) is 11.9 Å². The number of benzene rings is 1. The van der Waals surface area contributed by atoms with Crippen molar-refractivity contribution in [3.8, 4) is 0 Å². The molecule has 0 aliphatic heterocycles. The number of anilines is 1. The van der Waals surface area contributed by atoms with E-state index in [4.69, 9.17) is 11.6 Å². The highest BCUT2D eigenvalue weighted by atomic mass is 35.5. The molecule has 0 heterocycles. The molecule has 0 fully saturated rings. The van der Waals surface area contributed by atoms with Crippen LogP contribution in [0.1, 0.15) is 18.9 Å². The van der Waals surface area contributed by atoms with Gasteiger partial charge in [0.15, 0.2) is 0 Å². The lowest BCUT2D eigenvalue weighted by Gasteiger charge is -2.09. The number of nitrogens with zero attached hydrogens (tertiary/aromatic N) is 1. The van der Waals surface area contributed by atoms with Gasteiger partial charge in [-0.2, -0.15) is 0 Å². The van der Waals surface area contributed by atoms with Gasteiger partial charge < -0.3 is 5.32 Å². The van der Waals surface area contributed by atoms with Crippen LogP contribution in [-0.4, -0.2) is 13.3 Å². The van der Waals surface area contributed by atoms with Gasteiger partial charge in [0, 0.05) is 24.9 Å². The van der Waals surface area contributed by atoms with E-state index < -0.39 is 0 Å². The van der Waals surface area contributed by atoms with Crippen LogP contribution in [0.5, 0.6) is 0 Å². The Morgan fingerprint density at radius 3 is 3.04 bits per heavy atom. The minimum absolute atomic E-state index is 0.239. The zero-order chi connectivity index (χ0) is 17.4. The Kier molecular flexibility index (Phi) is 6.76. The van der Waals surface area contributed by atoms with Crippen LogP contribution in [0.2, 0.25) is 0 Å². The van der Waals surface area contributed by atoms with Gasteiger partial charge in [0.1, 0.15) is 5.83 Å². The van der Waals surface area contributed by atoms with Crippen molar-refractivity contribution in [1.82, 2.24) is 0 Å². The molecule has 2 nitrogen and oxygen atoms in total. The van der Waals surface area contributed by atoms with Gasteiger partial charge in [-0.3, -0.25) is 4.99 Å². The van der Waals surface area contributed by atoms with Gasteiger partial charge in [-0.15, -0.1) is 0 Å². The predicted molar refractivity (Wildman–Crippen MR) is 103 cm³/mol. The van der Waals surface area contributed by atoms with Crippen LogP contribution in [0.4, 0.5) is 10.1 Å². The van der Waals surface area contributed by atoms with E-state index in [1.807, 2.05) is 55.5 Å². The molecule has 0 saturated carbocycles. The Balaban J connectivity index is 2.11. The maximum Gasteiger partial charge on any atom is 0.138 e. The van der Waals surface area contributed by atoms with E-state index in [9.17, 15) is 4.39 Å². The number of hydrogen-bond acceptors (Lipinski definition) is 2. The van der Waals surface area contributed by atoms with Crippen LogP contribution in [0.25, 0.3) is 5.57 Å². The minimum atomic E-state index is -0.370. The third-order valence-corrected chi connectivity index (χ3v) is 3.90. The van der Waals surface area contributed by atoms with E-state index in [0.29, 0.717) is 13.0 Å². The number of rotatable bonds is 6. The van der Waals surface area contributed by atoms with E-state index >= 15 is 0 Å². The molecule has 1 N–H and O–H groups in total. The Morgan fingerprint density at radius 1 is 1.46 bits per heavy atom. The molecule has 0 amide bonds. The number of hydrogen-bond donors (Lipinski definition) is 1. The smallest absolute Gasteiger partial charge is 0.138 e. The van der Waals surface area contributed by atoms with E-state index in [0.717, 1.165) is 22.4 Å². The van der Waals surface area contributed by atoms with Crippen molar-refractivity contribution in [3.05, 3.63) is 82.8 Å². The van der Waals surface area contributed by atoms with Crippen molar-refractivity contribution in [3.63, 3.8) is 0 Å². The molecule has 0 saturated heterocycles. The topological polar surface area (TPSA) is 24.4 Å². The fourth-order valence-corrected chi connectivity index (χ4v) is 2.46. The second-order valence-corrected chi connectivity index (χ2v) is 5.71. The molecule has 0 aromatic heterocycles. The standard InChI is InChI=1S/C20H20ClFN2/c1-3-16(10-11-23-2)17-7-5-8-18(13-17)24-14-15-6-4-9-19(21)20(22)12-15/h3-8,10-13,24H,2,9,14H2,1H3/b11-10-,16-3+. The first kappa shape index (κ1) is 18.0. The highest BCUT2D eigenvalue weighted by molar-refractivity contribution is 6.30. The molecular formula is C20H20ClFN2. The molecule has 124 valence electrons. The summed E-state index contributed by atoms with van der Waals surface area (Å²) in [5.74, 6) is -0.370. The summed E-state index contributed by atoms with van der Waals surface area (Å²) in [6.45, 7) is 5.94. The fraction of sp³-hybridized carbons (Fsp3) is 0.150. The number of allylic oxidation sites excluding steroid dienone is 7. The van der Waals surface area contributed by atoms with Gasteiger partial charge in [0.2, 0.25) is 0 Å². The summed E-state index contributed by atoms with van der Waals surface area (Å²) in [6, 6.07) is 8.03. The largest absolute Gasteiger partial charge is 0.381 e. The third-order valence-electron chi connectivity index (χ3n) is 3.56. The zero-order valence-electron chi connectivity index (χ0n) is 13.6. The van der Waals surface area contributed by atoms with Crippen LogP contribution in [0, 0.1) is 0 Å². The van der Waals surface area contributed by atoms with Gasteiger partial charge >= 0.3 is 0 Å². The lowest BCUT2D eigenvalue weighted by atomic mass is 10.0. The lowest BCUT2D eigenvalue weighted by molar-refractivity contribution is 0.658. The maximum absolute atomic E-state index is 13.7. The Morgan fingerprint density at radius 2 is 2.29 bits per heavy atom. The second-order valence-electron chi connectivity index (χ2n) is 5.26. The Hall–Kier alpha value is -2.39. The van der Waals surface area contributed by atoms with E-state index in [2.05, 4.69) is 17.0 Å². The van der Waals surface area contributed by atoms with Crippen LogP contribution in [0.3, 0.4) is 0 Å².